The molecule has 0 aromatic heterocycles. The second-order valence-electron chi connectivity index (χ2n) is 4.15. The van der Waals surface area contributed by atoms with Crippen LogP contribution in [0.3, 0.4) is 0 Å². The van der Waals surface area contributed by atoms with Crippen LogP contribution in [0.1, 0.15) is 25.0 Å². The SMILES string of the molecule is CC.NC(Cc1cccc2c1CC(=O)OB2O)C(=O)O. The van der Waals surface area contributed by atoms with Crippen molar-refractivity contribution in [2.75, 3.05) is 0 Å². The summed E-state index contributed by atoms with van der Waals surface area (Å²) in [6.07, 6.45) is 0.132. The van der Waals surface area contributed by atoms with E-state index in [0.29, 0.717) is 16.6 Å². The summed E-state index contributed by atoms with van der Waals surface area (Å²) in [4.78, 5) is 22.0. The molecule has 20 heavy (non-hydrogen) atoms. The summed E-state index contributed by atoms with van der Waals surface area (Å²) in [6.45, 7) is 4.00. The molecule has 7 heteroatoms. The van der Waals surface area contributed by atoms with E-state index in [0.717, 1.165) is 0 Å². The third kappa shape index (κ3) is 3.58. The Labute approximate surface area is 117 Å². The quantitative estimate of drug-likeness (QED) is 0.641. The molecule has 0 saturated heterocycles. The van der Waals surface area contributed by atoms with Gasteiger partial charge >= 0.3 is 13.1 Å². The van der Waals surface area contributed by atoms with Crippen molar-refractivity contribution < 1.29 is 24.4 Å². The number of fused-ring (bicyclic) bond motifs is 1. The summed E-state index contributed by atoms with van der Waals surface area (Å²) in [6, 6.07) is 3.98. The molecule has 1 aromatic carbocycles. The maximum Gasteiger partial charge on any atom is 0.562 e. The molecule has 2 rings (SSSR count). The number of rotatable bonds is 3. The van der Waals surface area contributed by atoms with Crippen LogP contribution in [-0.2, 0) is 27.1 Å². The Hall–Kier alpha value is -1.86. The van der Waals surface area contributed by atoms with E-state index in [4.69, 9.17) is 10.8 Å². The minimum atomic E-state index is -1.29. The number of nitrogens with two attached hydrogens (primary N) is 1. The summed E-state index contributed by atoms with van der Waals surface area (Å²) in [5.74, 6) is -1.64. The summed E-state index contributed by atoms with van der Waals surface area (Å²) in [7, 11) is -1.29. The van der Waals surface area contributed by atoms with E-state index in [9.17, 15) is 14.6 Å². The van der Waals surface area contributed by atoms with Crippen LogP contribution in [0.25, 0.3) is 0 Å². The Balaban J connectivity index is 0.000000956. The van der Waals surface area contributed by atoms with Gasteiger partial charge in [0, 0.05) is 5.46 Å². The molecular weight excluding hydrogens is 261 g/mol. The summed E-state index contributed by atoms with van der Waals surface area (Å²) >= 11 is 0. The number of hydrogen-bond acceptors (Lipinski definition) is 5. The first-order valence-corrected chi connectivity index (χ1v) is 6.45. The number of hydrogen-bond donors (Lipinski definition) is 3. The number of carbonyl (C=O) groups excluding carboxylic acids is 1. The molecule has 6 nitrogen and oxygen atoms in total. The number of benzene rings is 1. The van der Waals surface area contributed by atoms with E-state index in [1.54, 1.807) is 18.2 Å². The topological polar surface area (TPSA) is 110 Å². The fourth-order valence-electron chi connectivity index (χ4n) is 1.99. The molecule has 0 bridgehead atoms. The molecular formula is C13H18BNO5. The molecule has 0 radical (unpaired) electrons. The lowest BCUT2D eigenvalue weighted by atomic mass is 9.71. The summed E-state index contributed by atoms with van der Waals surface area (Å²) in [5, 5.41) is 18.4. The van der Waals surface area contributed by atoms with Crippen molar-refractivity contribution in [1.82, 2.24) is 0 Å². The van der Waals surface area contributed by atoms with Crippen LogP contribution in [0.4, 0.5) is 0 Å². The smallest absolute Gasteiger partial charge is 0.506 e. The minimum Gasteiger partial charge on any atom is -0.506 e. The van der Waals surface area contributed by atoms with Crippen LogP contribution in [-0.4, -0.2) is 35.2 Å². The van der Waals surface area contributed by atoms with Crippen LogP contribution in [0.15, 0.2) is 18.2 Å². The van der Waals surface area contributed by atoms with Crippen molar-refractivity contribution >= 4 is 24.5 Å². The van der Waals surface area contributed by atoms with Gasteiger partial charge in [0.05, 0.1) is 6.42 Å². The van der Waals surface area contributed by atoms with E-state index >= 15 is 0 Å². The first-order chi connectivity index (χ1) is 9.49. The van der Waals surface area contributed by atoms with Gasteiger partial charge in [-0.1, -0.05) is 32.0 Å². The highest BCUT2D eigenvalue weighted by Gasteiger charge is 2.32. The molecule has 1 aliphatic rings. The average Bonchev–Trinajstić information content (AvgIpc) is 2.41. The van der Waals surface area contributed by atoms with Crippen LogP contribution in [0.5, 0.6) is 0 Å². The standard InChI is InChI=1S/C11H12BNO5.C2H6/c13-9(11(15)16)4-6-2-1-3-8-7(6)5-10(14)18-12(8)17;1-2/h1-3,9,17H,4-5,13H2,(H,15,16);1-2H3. The van der Waals surface area contributed by atoms with Gasteiger partial charge in [0.25, 0.3) is 5.97 Å². The molecule has 1 heterocycles. The van der Waals surface area contributed by atoms with E-state index in [2.05, 4.69) is 4.65 Å². The van der Waals surface area contributed by atoms with Gasteiger partial charge < -0.3 is 20.5 Å². The zero-order valence-electron chi connectivity index (χ0n) is 11.5. The predicted octanol–water partition coefficient (Wildman–Crippen LogP) is -0.546. The third-order valence-corrected chi connectivity index (χ3v) is 2.90. The van der Waals surface area contributed by atoms with Crippen molar-refractivity contribution in [3.8, 4) is 0 Å². The van der Waals surface area contributed by atoms with Crippen molar-refractivity contribution in [3.63, 3.8) is 0 Å². The normalized spacial score (nSPS) is 14.6. The van der Waals surface area contributed by atoms with Crippen LogP contribution in [0.2, 0.25) is 0 Å². The molecule has 108 valence electrons. The molecule has 1 atom stereocenters. The maximum atomic E-state index is 11.3. The van der Waals surface area contributed by atoms with Gasteiger partial charge in [-0.3, -0.25) is 9.59 Å². The fourth-order valence-corrected chi connectivity index (χ4v) is 1.99. The van der Waals surface area contributed by atoms with Gasteiger partial charge in [-0.2, -0.15) is 0 Å². The van der Waals surface area contributed by atoms with E-state index < -0.39 is 25.1 Å². The highest BCUT2D eigenvalue weighted by atomic mass is 16.6. The van der Waals surface area contributed by atoms with Crippen LogP contribution in [0, 0.1) is 0 Å². The summed E-state index contributed by atoms with van der Waals surface area (Å²) < 4.78 is 4.69. The Kier molecular flexibility index (Phi) is 5.73. The predicted molar refractivity (Wildman–Crippen MR) is 74.5 cm³/mol. The Morgan fingerprint density at radius 1 is 1.50 bits per heavy atom. The number of carbonyl (C=O) groups is 2. The first kappa shape index (κ1) is 16.2. The number of carboxylic acid groups (broad SMARTS) is 1. The Bertz CT molecular complexity index is 506. The van der Waals surface area contributed by atoms with Crippen LogP contribution < -0.4 is 11.2 Å². The van der Waals surface area contributed by atoms with Gasteiger partial charge in [0.15, 0.2) is 0 Å². The lowest BCUT2D eigenvalue weighted by Gasteiger charge is -2.21. The zero-order valence-corrected chi connectivity index (χ0v) is 11.5. The maximum absolute atomic E-state index is 11.3. The molecule has 0 aliphatic carbocycles. The molecule has 0 spiro atoms. The van der Waals surface area contributed by atoms with Gasteiger partial charge in [-0.15, -0.1) is 0 Å². The first-order valence-electron chi connectivity index (χ1n) is 6.45. The van der Waals surface area contributed by atoms with E-state index in [1.165, 1.54) is 0 Å². The lowest BCUT2D eigenvalue weighted by molar-refractivity contribution is -0.138. The molecule has 1 aromatic rings. The minimum absolute atomic E-state index is 0.0227. The van der Waals surface area contributed by atoms with Crippen molar-refractivity contribution in [2.24, 2.45) is 5.73 Å². The second kappa shape index (κ2) is 7.07. The average molecular weight is 279 g/mol. The molecule has 1 unspecified atom stereocenters. The van der Waals surface area contributed by atoms with Crippen molar-refractivity contribution in [3.05, 3.63) is 29.3 Å². The number of aliphatic carboxylic acids is 1. The van der Waals surface area contributed by atoms with E-state index in [-0.39, 0.29) is 12.8 Å². The second-order valence-corrected chi connectivity index (χ2v) is 4.15. The summed E-state index contributed by atoms with van der Waals surface area (Å²) in [5.41, 5.74) is 7.22. The molecule has 0 fully saturated rings. The highest BCUT2D eigenvalue weighted by Crippen LogP contribution is 2.15. The Morgan fingerprint density at radius 2 is 2.15 bits per heavy atom. The monoisotopic (exact) mass is 279 g/mol. The third-order valence-electron chi connectivity index (χ3n) is 2.90. The van der Waals surface area contributed by atoms with Gasteiger partial charge in [0.2, 0.25) is 0 Å². The largest absolute Gasteiger partial charge is 0.562 e. The molecule has 0 saturated carbocycles. The lowest BCUT2D eigenvalue weighted by Crippen LogP contribution is -2.44. The van der Waals surface area contributed by atoms with E-state index in [1.807, 2.05) is 13.8 Å². The number of carboxylic acids is 1. The fraction of sp³-hybridized carbons (Fsp3) is 0.385. The Morgan fingerprint density at radius 3 is 2.75 bits per heavy atom. The zero-order chi connectivity index (χ0) is 15.3. The molecule has 4 N–H and O–H groups in total. The van der Waals surface area contributed by atoms with Crippen molar-refractivity contribution in [1.29, 1.82) is 0 Å². The molecule has 0 amide bonds. The van der Waals surface area contributed by atoms with Crippen LogP contribution >= 0.6 is 0 Å². The molecule has 1 aliphatic heterocycles. The van der Waals surface area contributed by atoms with Gasteiger partial charge in [0.1, 0.15) is 6.04 Å². The van der Waals surface area contributed by atoms with Gasteiger partial charge in [-0.05, 0) is 17.5 Å². The van der Waals surface area contributed by atoms with Crippen molar-refractivity contribution in [2.45, 2.75) is 32.7 Å². The highest BCUT2D eigenvalue weighted by molar-refractivity contribution is 6.63. The van der Waals surface area contributed by atoms with Gasteiger partial charge in [-0.25, -0.2) is 0 Å².